The van der Waals surface area contributed by atoms with Gasteiger partial charge in [-0.05, 0) is 6.42 Å². The van der Waals surface area contributed by atoms with Crippen molar-refractivity contribution in [2.75, 3.05) is 0 Å². The molecule has 0 aromatic rings. The Morgan fingerprint density at radius 1 is 1.30 bits per heavy atom. The minimum atomic E-state index is -0.711. The summed E-state index contributed by atoms with van der Waals surface area (Å²) in [6, 6.07) is 0. The predicted octanol–water partition coefficient (Wildman–Crippen LogP) is -0.431. The van der Waals surface area contributed by atoms with Gasteiger partial charge in [0.2, 0.25) is 0 Å². The first kappa shape index (κ1) is 29.4. The van der Waals surface area contributed by atoms with Crippen LogP contribution in [0.4, 0.5) is 0 Å². The molecule has 0 aliphatic rings. The van der Waals surface area contributed by atoms with E-state index in [4.69, 9.17) is 5.11 Å². The van der Waals surface area contributed by atoms with Gasteiger partial charge in [-0.15, -0.1) is 0 Å². The van der Waals surface area contributed by atoms with Crippen LogP contribution >= 0.6 is 0 Å². The quantitative estimate of drug-likeness (QED) is 0.665. The second kappa shape index (κ2) is 22.5. The number of hydrogen-bond acceptors (Lipinski definition) is 1. The molecule has 0 heterocycles. The van der Waals surface area contributed by atoms with Gasteiger partial charge in [0.05, 0.1) is 0 Å². The standard InChI is InChI=1S/C4H8O2.2Cr.2Na.2H/c1-2-3-4(5)6;;;;;;/h2-3H2,1H3,(H,5,6);;;;;;. The van der Waals surface area contributed by atoms with E-state index in [0.29, 0.717) is 6.42 Å². The summed E-state index contributed by atoms with van der Waals surface area (Å²) in [5, 5.41) is 7.91. The van der Waals surface area contributed by atoms with Crippen molar-refractivity contribution in [3.63, 3.8) is 0 Å². The van der Waals surface area contributed by atoms with E-state index in [1.807, 2.05) is 6.92 Å². The third-order valence-corrected chi connectivity index (χ3v) is 0.464. The van der Waals surface area contributed by atoms with Crippen LogP contribution < -0.4 is 0 Å². The van der Waals surface area contributed by atoms with E-state index in [1.54, 1.807) is 0 Å². The van der Waals surface area contributed by atoms with Crippen LogP contribution in [0.3, 0.4) is 0 Å². The SMILES string of the molecule is CCCC(=O)O.[Cr].[Cr].[NaH].[NaH]. The second-order valence-corrected chi connectivity index (χ2v) is 1.14. The van der Waals surface area contributed by atoms with E-state index in [2.05, 4.69) is 0 Å². The van der Waals surface area contributed by atoms with Crippen molar-refractivity contribution in [1.29, 1.82) is 0 Å². The topological polar surface area (TPSA) is 37.3 Å². The number of carboxylic acids is 1. The Balaban J connectivity index is -0.0000000208. The maximum absolute atomic E-state index is 9.60. The number of aliphatic carboxylic acids is 1. The predicted molar refractivity (Wildman–Crippen MR) is 36.8 cm³/mol. The van der Waals surface area contributed by atoms with Crippen LogP contribution in [0, 0.1) is 0 Å². The van der Waals surface area contributed by atoms with E-state index in [1.165, 1.54) is 0 Å². The molecular formula is C4H10Cr2Na2O2. The van der Waals surface area contributed by atoms with Gasteiger partial charge in [-0.2, -0.15) is 0 Å². The molecule has 0 radical (unpaired) electrons. The molecule has 0 aromatic carbocycles. The molecule has 2 nitrogen and oxygen atoms in total. The van der Waals surface area contributed by atoms with Gasteiger partial charge in [0, 0.05) is 41.1 Å². The van der Waals surface area contributed by atoms with Crippen molar-refractivity contribution >= 4 is 65.1 Å². The molecule has 0 spiro atoms. The van der Waals surface area contributed by atoms with Crippen LogP contribution in [0.2, 0.25) is 0 Å². The van der Waals surface area contributed by atoms with Gasteiger partial charge < -0.3 is 5.11 Å². The summed E-state index contributed by atoms with van der Waals surface area (Å²) in [6.07, 6.45) is 1.02. The van der Waals surface area contributed by atoms with Gasteiger partial charge in [-0.1, -0.05) is 6.92 Å². The zero-order valence-corrected chi connectivity index (χ0v) is 7.14. The summed E-state index contributed by atoms with van der Waals surface area (Å²) in [5.74, 6) is -0.711. The molecule has 52 valence electrons. The summed E-state index contributed by atoms with van der Waals surface area (Å²) in [6.45, 7) is 1.84. The Kier molecular flexibility index (Phi) is 66.2. The molecule has 10 heavy (non-hydrogen) atoms. The average molecular weight is 240 g/mol. The summed E-state index contributed by atoms with van der Waals surface area (Å²) in [7, 11) is 0. The zero-order chi connectivity index (χ0) is 4.99. The van der Waals surface area contributed by atoms with Crippen LogP contribution in [0.15, 0.2) is 0 Å². The molecule has 0 fully saturated rings. The molecule has 0 atom stereocenters. The molecule has 6 heteroatoms. The normalized spacial score (nSPS) is 4.90. The van der Waals surface area contributed by atoms with Gasteiger partial charge in [0.1, 0.15) is 0 Å². The summed E-state index contributed by atoms with van der Waals surface area (Å²) < 4.78 is 0. The third-order valence-electron chi connectivity index (χ3n) is 0.464. The molecule has 0 rings (SSSR count). The van der Waals surface area contributed by atoms with Crippen LogP contribution in [0.1, 0.15) is 19.8 Å². The van der Waals surface area contributed by atoms with Crippen LogP contribution in [0.25, 0.3) is 0 Å². The molecule has 0 saturated heterocycles. The third kappa shape index (κ3) is 31.3. The average Bonchev–Trinajstić information content (AvgIpc) is 1.35. The second-order valence-electron chi connectivity index (χ2n) is 1.14. The monoisotopic (exact) mass is 240 g/mol. The van der Waals surface area contributed by atoms with Crippen molar-refractivity contribution in [2.24, 2.45) is 0 Å². The van der Waals surface area contributed by atoms with Crippen molar-refractivity contribution in [3.05, 3.63) is 0 Å². The van der Waals surface area contributed by atoms with Crippen LogP contribution in [-0.2, 0) is 39.5 Å². The Morgan fingerprint density at radius 3 is 1.60 bits per heavy atom. The molecule has 0 saturated carbocycles. The molecule has 0 bridgehead atoms. The van der Waals surface area contributed by atoms with E-state index in [9.17, 15) is 4.79 Å². The maximum atomic E-state index is 9.60. The van der Waals surface area contributed by atoms with E-state index in [0.717, 1.165) is 6.42 Å². The Hall–Kier alpha value is 2.53. The van der Waals surface area contributed by atoms with Crippen molar-refractivity contribution in [2.45, 2.75) is 19.8 Å². The Morgan fingerprint density at radius 2 is 1.60 bits per heavy atom. The molecule has 0 unspecified atom stereocenters. The molecule has 0 aromatic heterocycles. The molecular weight excluding hydrogens is 230 g/mol. The van der Waals surface area contributed by atoms with E-state index < -0.39 is 5.97 Å². The number of hydrogen-bond donors (Lipinski definition) is 1. The van der Waals surface area contributed by atoms with Gasteiger partial charge in [0.25, 0.3) is 0 Å². The molecule has 0 aliphatic heterocycles. The fraction of sp³-hybridized carbons (Fsp3) is 0.750. The minimum absolute atomic E-state index is 0. The van der Waals surface area contributed by atoms with E-state index in [-0.39, 0.29) is 93.8 Å². The molecule has 0 amide bonds. The summed E-state index contributed by atoms with van der Waals surface area (Å²) >= 11 is 0. The van der Waals surface area contributed by atoms with Crippen molar-refractivity contribution < 1.29 is 44.6 Å². The first-order chi connectivity index (χ1) is 2.77. The van der Waals surface area contributed by atoms with Gasteiger partial charge in [-0.25, -0.2) is 0 Å². The van der Waals surface area contributed by atoms with Crippen molar-refractivity contribution in [1.82, 2.24) is 0 Å². The van der Waals surface area contributed by atoms with Crippen LogP contribution in [0.5, 0.6) is 0 Å². The van der Waals surface area contributed by atoms with Crippen molar-refractivity contribution in [3.8, 4) is 0 Å². The summed E-state index contributed by atoms with van der Waals surface area (Å²) in [4.78, 5) is 9.60. The Labute approximate surface area is 127 Å². The molecule has 1 N–H and O–H groups in total. The van der Waals surface area contributed by atoms with E-state index >= 15 is 0 Å². The fourth-order valence-electron chi connectivity index (χ4n) is 0.214. The van der Waals surface area contributed by atoms with Gasteiger partial charge in [-0.3, -0.25) is 4.79 Å². The first-order valence-electron chi connectivity index (χ1n) is 1.99. The summed E-state index contributed by atoms with van der Waals surface area (Å²) in [5.41, 5.74) is 0. The number of carbonyl (C=O) groups is 1. The van der Waals surface area contributed by atoms with Gasteiger partial charge >= 0.3 is 65.1 Å². The Bertz CT molecular complexity index is 63.2. The van der Waals surface area contributed by atoms with Gasteiger partial charge in [0.15, 0.2) is 0 Å². The number of carboxylic acid groups (broad SMARTS) is 1. The molecule has 0 aliphatic carbocycles. The fourth-order valence-corrected chi connectivity index (χ4v) is 0.214. The van der Waals surface area contributed by atoms with Crippen LogP contribution in [-0.4, -0.2) is 70.2 Å². The number of rotatable bonds is 2. The zero-order valence-electron chi connectivity index (χ0n) is 4.59. The first-order valence-corrected chi connectivity index (χ1v) is 1.99.